The molecule has 14 nitrogen and oxygen atoms in total. The SMILES string of the molecule is CC[C@@H](C)C(=O)O[C@@H]1[C@@H](OC(=O)c2ccoc2)C[C@](C)(O)[C@]23OC(C)(C)[C@H](C[C@H](OC(=O)c4ccoc4)[C@]12COC(C)=O)[C@H]3OC(C)=O. The predicted octanol–water partition coefficient (Wildman–Crippen LogP) is 3.78. The third-order valence-corrected chi connectivity index (χ3v) is 10.1. The molecular formula is C34H42O14. The highest BCUT2D eigenvalue weighted by atomic mass is 16.6. The fourth-order valence-corrected chi connectivity index (χ4v) is 7.80. The maximum Gasteiger partial charge on any atom is 0.341 e. The average molecular weight is 675 g/mol. The van der Waals surface area contributed by atoms with E-state index in [0.29, 0.717) is 6.42 Å². The van der Waals surface area contributed by atoms with E-state index < -0.39 is 94.9 Å². The number of rotatable bonds is 10. The molecule has 1 saturated heterocycles. The van der Waals surface area contributed by atoms with Crippen LogP contribution in [0.5, 0.6) is 0 Å². The van der Waals surface area contributed by atoms with E-state index in [1.807, 2.05) is 0 Å². The quantitative estimate of drug-likeness (QED) is 0.283. The molecule has 0 amide bonds. The Kier molecular flexibility index (Phi) is 9.30. The molecule has 0 unspecified atom stereocenters. The number of carbonyl (C=O) groups excluding carboxylic acids is 5. The monoisotopic (exact) mass is 674 g/mol. The van der Waals surface area contributed by atoms with Crippen LogP contribution in [0.2, 0.25) is 0 Å². The third-order valence-electron chi connectivity index (χ3n) is 10.1. The smallest absolute Gasteiger partial charge is 0.341 e. The van der Waals surface area contributed by atoms with Gasteiger partial charge in [0.05, 0.1) is 40.8 Å². The summed E-state index contributed by atoms with van der Waals surface area (Å²) in [6.45, 7) is 10.0. The molecule has 2 bridgehead atoms. The minimum Gasteiger partial charge on any atom is -0.472 e. The largest absolute Gasteiger partial charge is 0.472 e. The van der Waals surface area contributed by atoms with E-state index in [0.717, 1.165) is 6.92 Å². The second kappa shape index (κ2) is 12.7. The first-order chi connectivity index (χ1) is 22.5. The Morgan fingerprint density at radius 1 is 0.896 bits per heavy atom. The summed E-state index contributed by atoms with van der Waals surface area (Å²) in [5.41, 5.74) is -7.21. The van der Waals surface area contributed by atoms with E-state index in [9.17, 15) is 29.1 Å². The van der Waals surface area contributed by atoms with E-state index in [1.165, 1.54) is 51.0 Å². The number of ether oxygens (including phenoxy) is 6. The molecule has 1 spiro atoms. The lowest BCUT2D eigenvalue weighted by Gasteiger charge is -2.65. The van der Waals surface area contributed by atoms with Crippen LogP contribution in [0.4, 0.5) is 0 Å². The van der Waals surface area contributed by atoms with Crippen LogP contribution in [0.15, 0.2) is 46.0 Å². The van der Waals surface area contributed by atoms with Gasteiger partial charge in [0, 0.05) is 26.2 Å². The summed E-state index contributed by atoms with van der Waals surface area (Å²) < 4.78 is 47.2. The zero-order valence-electron chi connectivity index (χ0n) is 28.0. The number of carbonyl (C=O) groups is 5. The van der Waals surface area contributed by atoms with Gasteiger partial charge in [-0.1, -0.05) is 13.8 Å². The predicted molar refractivity (Wildman–Crippen MR) is 161 cm³/mol. The molecule has 1 aliphatic heterocycles. The summed E-state index contributed by atoms with van der Waals surface area (Å²) in [7, 11) is 0. The molecule has 3 fully saturated rings. The first-order valence-electron chi connectivity index (χ1n) is 15.9. The van der Waals surface area contributed by atoms with Gasteiger partial charge in [-0.2, -0.15) is 0 Å². The Morgan fingerprint density at radius 2 is 1.50 bits per heavy atom. The number of fused-ring (bicyclic) bond motifs is 1. The first-order valence-corrected chi connectivity index (χ1v) is 15.9. The van der Waals surface area contributed by atoms with Gasteiger partial charge in [-0.15, -0.1) is 0 Å². The molecule has 5 rings (SSSR count). The van der Waals surface area contributed by atoms with E-state index in [4.69, 9.17) is 37.3 Å². The van der Waals surface area contributed by atoms with Gasteiger partial charge < -0.3 is 42.4 Å². The summed E-state index contributed by atoms with van der Waals surface area (Å²) >= 11 is 0. The molecule has 2 saturated carbocycles. The molecule has 9 atom stereocenters. The van der Waals surface area contributed by atoms with Gasteiger partial charge in [-0.3, -0.25) is 14.4 Å². The highest BCUT2D eigenvalue weighted by molar-refractivity contribution is 5.89. The van der Waals surface area contributed by atoms with Crippen molar-refractivity contribution in [3.63, 3.8) is 0 Å². The Balaban J connectivity index is 1.80. The molecule has 2 aromatic rings. The van der Waals surface area contributed by atoms with Crippen molar-refractivity contribution >= 4 is 29.8 Å². The first kappa shape index (κ1) is 35.1. The molecule has 262 valence electrons. The average Bonchev–Trinajstić information content (AvgIpc) is 3.76. The van der Waals surface area contributed by atoms with Crippen molar-refractivity contribution in [1.29, 1.82) is 0 Å². The molecule has 14 heteroatoms. The second-order valence-electron chi connectivity index (χ2n) is 13.6. The van der Waals surface area contributed by atoms with Crippen LogP contribution in [0.3, 0.4) is 0 Å². The van der Waals surface area contributed by atoms with Gasteiger partial charge in [0.2, 0.25) is 0 Å². The molecule has 1 N–H and O–H groups in total. The van der Waals surface area contributed by atoms with Crippen molar-refractivity contribution in [2.24, 2.45) is 17.3 Å². The molecule has 3 heterocycles. The third kappa shape index (κ3) is 5.68. The Labute approximate surface area is 277 Å². The zero-order valence-corrected chi connectivity index (χ0v) is 28.0. The van der Waals surface area contributed by atoms with Crippen molar-refractivity contribution < 1.29 is 66.3 Å². The minimum atomic E-state index is -2.07. The van der Waals surface area contributed by atoms with Crippen LogP contribution in [-0.4, -0.2) is 82.8 Å². The van der Waals surface area contributed by atoms with Crippen molar-refractivity contribution in [3.05, 3.63) is 48.3 Å². The van der Waals surface area contributed by atoms with E-state index >= 15 is 0 Å². The number of hydrogen-bond acceptors (Lipinski definition) is 14. The fraction of sp³-hybridized carbons (Fsp3) is 0.618. The maximum atomic E-state index is 13.7. The molecule has 2 aromatic heterocycles. The summed E-state index contributed by atoms with van der Waals surface area (Å²) in [5.74, 6) is -5.18. The van der Waals surface area contributed by atoms with Crippen molar-refractivity contribution in [1.82, 2.24) is 0 Å². The molecule has 3 aliphatic rings. The van der Waals surface area contributed by atoms with E-state index in [-0.39, 0.29) is 24.0 Å². The number of furan rings is 2. The van der Waals surface area contributed by atoms with Crippen molar-refractivity contribution in [2.75, 3.05) is 6.61 Å². The van der Waals surface area contributed by atoms with Gasteiger partial charge in [0.1, 0.15) is 42.9 Å². The molecule has 2 aliphatic carbocycles. The van der Waals surface area contributed by atoms with Crippen molar-refractivity contribution in [2.45, 2.75) is 109 Å². The lowest BCUT2D eigenvalue weighted by atomic mass is 9.46. The number of aliphatic hydroxyl groups is 1. The molecule has 0 aromatic carbocycles. The van der Waals surface area contributed by atoms with Crippen LogP contribution in [0, 0.1) is 17.3 Å². The maximum absolute atomic E-state index is 13.7. The topological polar surface area (TPSA) is 187 Å². The summed E-state index contributed by atoms with van der Waals surface area (Å²) in [6.07, 6.45) is -0.729. The summed E-state index contributed by atoms with van der Waals surface area (Å²) in [4.78, 5) is 66.1. The number of esters is 5. The van der Waals surface area contributed by atoms with Crippen LogP contribution >= 0.6 is 0 Å². The second-order valence-corrected chi connectivity index (χ2v) is 13.6. The Morgan fingerprint density at radius 3 is 2.02 bits per heavy atom. The van der Waals surface area contributed by atoms with Crippen LogP contribution in [0.1, 0.15) is 88.4 Å². The molecule has 48 heavy (non-hydrogen) atoms. The Hall–Kier alpha value is -4.17. The van der Waals surface area contributed by atoms with Gasteiger partial charge in [-0.05, 0) is 45.7 Å². The zero-order chi connectivity index (χ0) is 35.2. The van der Waals surface area contributed by atoms with Crippen molar-refractivity contribution in [3.8, 4) is 0 Å². The standard InChI is InChI=1S/C34H42O14/c1-8-18(2)28(37)47-27-24(45-29(38)21-9-11-41-15-21)14-32(7,40)34-26(44-20(4)36)23(31(5,6)48-34)13-25(33(27,34)17-43-19(3)35)46-30(39)22-10-12-42-16-22/h9-12,15-16,18,23-27,40H,8,13-14,17H2,1-7H3/t18-,23-,24+,25+,26-,27-,32+,33-,34+/m1/s1. The van der Waals surface area contributed by atoms with Gasteiger partial charge in [0.15, 0.2) is 11.7 Å². The molecule has 0 radical (unpaired) electrons. The molecular weight excluding hydrogens is 632 g/mol. The van der Waals surface area contributed by atoms with E-state index in [2.05, 4.69) is 0 Å². The summed E-state index contributed by atoms with van der Waals surface area (Å²) in [5, 5.41) is 12.7. The fourth-order valence-electron chi connectivity index (χ4n) is 7.80. The Bertz CT molecular complexity index is 1520. The van der Waals surface area contributed by atoms with E-state index in [1.54, 1.807) is 27.7 Å². The van der Waals surface area contributed by atoms with Crippen LogP contribution < -0.4 is 0 Å². The highest BCUT2D eigenvalue weighted by Gasteiger charge is 2.86. The van der Waals surface area contributed by atoms with Gasteiger partial charge in [-0.25, -0.2) is 9.59 Å². The summed E-state index contributed by atoms with van der Waals surface area (Å²) in [6, 6.07) is 2.77. The lowest BCUT2D eigenvalue weighted by Crippen LogP contribution is -2.83. The van der Waals surface area contributed by atoms with Gasteiger partial charge in [0.25, 0.3) is 0 Å². The van der Waals surface area contributed by atoms with Crippen LogP contribution in [0.25, 0.3) is 0 Å². The normalized spacial score (nSPS) is 33.9. The van der Waals surface area contributed by atoms with Crippen LogP contribution in [-0.2, 0) is 42.8 Å². The van der Waals surface area contributed by atoms with Gasteiger partial charge >= 0.3 is 29.8 Å². The highest BCUT2D eigenvalue weighted by Crippen LogP contribution is 2.69. The number of hydrogen-bond donors (Lipinski definition) is 1. The minimum absolute atomic E-state index is 0.0404. The lowest BCUT2D eigenvalue weighted by molar-refractivity contribution is -0.355.